The zero-order valence-electron chi connectivity index (χ0n) is 11.9. The molecule has 0 aliphatic rings. The predicted octanol–water partition coefficient (Wildman–Crippen LogP) is 2.11. The average Bonchev–Trinajstić information content (AvgIpc) is 2.84. The lowest BCUT2D eigenvalue weighted by atomic mass is 10.2. The van der Waals surface area contributed by atoms with E-state index in [4.69, 9.17) is 9.47 Å². The zero-order chi connectivity index (χ0) is 14.3. The highest BCUT2D eigenvalue weighted by Gasteiger charge is 2.14. The van der Waals surface area contributed by atoms with E-state index in [1.165, 1.54) is 0 Å². The van der Waals surface area contributed by atoms with Gasteiger partial charge >= 0.3 is 0 Å². The van der Waals surface area contributed by atoms with Gasteiger partial charge < -0.3 is 14.8 Å². The summed E-state index contributed by atoms with van der Waals surface area (Å²) in [6, 6.07) is -0.0951. The number of amides is 1. The smallest absolute Gasteiger partial charge is 0.246 e. The fraction of sp³-hybridized carbons (Fsp3) is 0.692. The molecule has 0 radical (unpaired) electrons. The molecule has 19 heavy (non-hydrogen) atoms. The second-order valence-corrected chi connectivity index (χ2v) is 5.49. The summed E-state index contributed by atoms with van der Waals surface area (Å²) in [7, 11) is 1.60. The van der Waals surface area contributed by atoms with Gasteiger partial charge in [0.1, 0.15) is 6.61 Å². The first-order chi connectivity index (χ1) is 9.04. The van der Waals surface area contributed by atoms with E-state index in [-0.39, 0.29) is 18.6 Å². The first kappa shape index (κ1) is 16.1. The number of aromatic nitrogens is 1. The van der Waals surface area contributed by atoms with Gasteiger partial charge in [0.15, 0.2) is 0 Å². The fourth-order valence-corrected chi connectivity index (χ4v) is 2.36. The Kier molecular flexibility index (Phi) is 6.97. The number of nitrogens with one attached hydrogen (secondary N) is 1. The summed E-state index contributed by atoms with van der Waals surface area (Å²) in [6.45, 7) is 7.10. The summed E-state index contributed by atoms with van der Waals surface area (Å²) in [5.41, 5.74) is 0.902. The van der Waals surface area contributed by atoms with E-state index >= 15 is 0 Å². The number of carbonyl (C=O) groups excluding carboxylic acids is 1. The van der Waals surface area contributed by atoms with Crippen LogP contribution in [0.5, 0.6) is 0 Å². The van der Waals surface area contributed by atoms with Gasteiger partial charge in [-0.25, -0.2) is 4.98 Å². The highest BCUT2D eigenvalue weighted by atomic mass is 32.1. The Labute approximate surface area is 118 Å². The second kappa shape index (κ2) is 8.24. The van der Waals surface area contributed by atoms with Crippen LogP contribution in [-0.4, -0.2) is 37.8 Å². The molecule has 0 spiro atoms. The van der Waals surface area contributed by atoms with Gasteiger partial charge in [0.25, 0.3) is 0 Å². The Morgan fingerprint density at radius 1 is 1.42 bits per heavy atom. The summed E-state index contributed by atoms with van der Waals surface area (Å²) in [5, 5.41) is 5.95. The van der Waals surface area contributed by atoms with Gasteiger partial charge in [-0.1, -0.05) is 13.8 Å². The van der Waals surface area contributed by atoms with Crippen LogP contribution in [-0.2, 0) is 14.3 Å². The lowest BCUT2D eigenvalue weighted by Crippen LogP contribution is -2.30. The van der Waals surface area contributed by atoms with Gasteiger partial charge in [0.05, 0.1) is 30.0 Å². The molecule has 6 heteroatoms. The molecule has 1 aromatic rings. The SMILES string of the molecule is COCCOCC(=O)N[C@@H](C)c1csc(C(C)C)n1. The molecule has 0 aromatic carbocycles. The molecule has 0 fully saturated rings. The number of hydrogen-bond donors (Lipinski definition) is 1. The predicted molar refractivity (Wildman–Crippen MR) is 75.5 cm³/mol. The van der Waals surface area contributed by atoms with Crippen LogP contribution in [0, 0.1) is 0 Å². The average molecular weight is 286 g/mol. The molecule has 1 rings (SSSR count). The molecule has 1 aromatic heterocycles. The van der Waals surface area contributed by atoms with Crippen LogP contribution in [0.1, 0.15) is 43.4 Å². The number of ether oxygens (including phenoxy) is 2. The number of hydrogen-bond acceptors (Lipinski definition) is 5. The third kappa shape index (κ3) is 5.67. The monoisotopic (exact) mass is 286 g/mol. The Morgan fingerprint density at radius 2 is 2.16 bits per heavy atom. The van der Waals surface area contributed by atoms with E-state index in [0.717, 1.165) is 10.7 Å². The lowest BCUT2D eigenvalue weighted by molar-refractivity contribution is -0.126. The van der Waals surface area contributed by atoms with E-state index in [1.807, 2.05) is 12.3 Å². The molecule has 108 valence electrons. The summed E-state index contributed by atoms with van der Waals surface area (Å²) in [6.07, 6.45) is 0. The molecule has 0 saturated heterocycles. The van der Waals surface area contributed by atoms with Crippen LogP contribution in [0.25, 0.3) is 0 Å². The standard InChI is InChI=1S/C13H22N2O3S/c1-9(2)13-15-11(8-19-13)10(3)14-12(16)7-18-6-5-17-4/h8-10H,5-7H2,1-4H3,(H,14,16)/t10-/m0/s1. The van der Waals surface area contributed by atoms with E-state index in [0.29, 0.717) is 19.1 Å². The van der Waals surface area contributed by atoms with Crippen molar-refractivity contribution in [2.45, 2.75) is 32.7 Å². The van der Waals surface area contributed by atoms with Gasteiger partial charge in [0.2, 0.25) is 5.91 Å². The third-order valence-corrected chi connectivity index (χ3v) is 3.68. The minimum Gasteiger partial charge on any atom is -0.382 e. The maximum atomic E-state index is 11.6. The molecule has 0 saturated carbocycles. The molecule has 0 aliphatic carbocycles. The molecule has 1 heterocycles. The van der Waals surface area contributed by atoms with Crippen LogP contribution >= 0.6 is 11.3 Å². The molecule has 1 N–H and O–H groups in total. The minimum atomic E-state index is -0.136. The molecular formula is C13H22N2O3S. The van der Waals surface area contributed by atoms with Crippen molar-refractivity contribution in [3.05, 3.63) is 16.1 Å². The first-order valence-electron chi connectivity index (χ1n) is 6.36. The van der Waals surface area contributed by atoms with Crippen LogP contribution in [0.4, 0.5) is 0 Å². The summed E-state index contributed by atoms with van der Waals surface area (Å²) in [5.74, 6) is 0.279. The van der Waals surface area contributed by atoms with Crippen molar-refractivity contribution in [1.29, 1.82) is 0 Å². The fourth-order valence-electron chi connectivity index (χ4n) is 1.43. The summed E-state index contributed by atoms with van der Waals surface area (Å²) < 4.78 is 10.00. The van der Waals surface area contributed by atoms with Crippen molar-refractivity contribution in [2.75, 3.05) is 26.9 Å². The Bertz CT molecular complexity index is 393. The molecule has 0 unspecified atom stereocenters. The topological polar surface area (TPSA) is 60.5 Å². The quantitative estimate of drug-likeness (QED) is 0.744. The van der Waals surface area contributed by atoms with Crippen molar-refractivity contribution in [1.82, 2.24) is 10.3 Å². The van der Waals surface area contributed by atoms with Crippen molar-refractivity contribution in [3.8, 4) is 0 Å². The maximum absolute atomic E-state index is 11.6. The van der Waals surface area contributed by atoms with Crippen molar-refractivity contribution < 1.29 is 14.3 Å². The number of methoxy groups -OCH3 is 1. The largest absolute Gasteiger partial charge is 0.382 e. The van der Waals surface area contributed by atoms with Crippen molar-refractivity contribution in [2.24, 2.45) is 0 Å². The Balaban J connectivity index is 2.36. The molecule has 5 nitrogen and oxygen atoms in total. The number of thiazole rings is 1. The lowest BCUT2D eigenvalue weighted by Gasteiger charge is -2.11. The van der Waals surface area contributed by atoms with Gasteiger partial charge in [-0.15, -0.1) is 11.3 Å². The van der Waals surface area contributed by atoms with Gasteiger partial charge in [0, 0.05) is 18.4 Å². The molecular weight excluding hydrogens is 264 g/mol. The number of nitrogens with zero attached hydrogens (tertiary/aromatic N) is 1. The van der Waals surface area contributed by atoms with Gasteiger partial charge in [-0.2, -0.15) is 0 Å². The normalized spacial score (nSPS) is 12.7. The van der Waals surface area contributed by atoms with Crippen molar-refractivity contribution >= 4 is 17.2 Å². The minimum absolute atomic E-state index is 0.0505. The highest BCUT2D eigenvalue weighted by molar-refractivity contribution is 7.09. The first-order valence-corrected chi connectivity index (χ1v) is 7.24. The van der Waals surface area contributed by atoms with Crippen LogP contribution in [0.2, 0.25) is 0 Å². The molecule has 1 amide bonds. The zero-order valence-corrected chi connectivity index (χ0v) is 12.8. The third-order valence-electron chi connectivity index (χ3n) is 2.52. The molecule has 0 aliphatic heterocycles. The van der Waals surface area contributed by atoms with E-state index in [9.17, 15) is 4.79 Å². The van der Waals surface area contributed by atoms with Crippen LogP contribution in [0.15, 0.2) is 5.38 Å². The van der Waals surface area contributed by atoms with Gasteiger partial charge in [-0.05, 0) is 6.92 Å². The maximum Gasteiger partial charge on any atom is 0.246 e. The summed E-state index contributed by atoms with van der Waals surface area (Å²) >= 11 is 1.63. The number of rotatable bonds is 8. The Hall–Kier alpha value is -0.980. The second-order valence-electron chi connectivity index (χ2n) is 4.60. The van der Waals surface area contributed by atoms with Crippen LogP contribution in [0.3, 0.4) is 0 Å². The number of carbonyl (C=O) groups is 1. The highest BCUT2D eigenvalue weighted by Crippen LogP contribution is 2.22. The van der Waals surface area contributed by atoms with E-state index in [2.05, 4.69) is 24.1 Å². The Morgan fingerprint density at radius 3 is 2.74 bits per heavy atom. The summed E-state index contributed by atoms with van der Waals surface area (Å²) in [4.78, 5) is 16.1. The molecule has 0 bridgehead atoms. The van der Waals surface area contributed by atoms with E-state index in [1.54, 1.807) is 18.4 Å². The van der Waals surface area contributed by atoms with Gasteiger partial charge in [-0.3, -0.25) is 4.79 Å². The van der Waals surface area contributed by atoms with Crippen molar-refractivity contribution in [3.63, 3.8) is 0 Å². The molecule has 1 atom stereocenters. The van der Waals surface area contributed by atoms with Crippen LogP contribution < -0.4 is 5.32 Å². The van der Waals surface area contributed by atoms with E-state index < -0.39 is 0 Å².